The number of methoxy groups -OCH3 is 2. The summed E-state index contributed by atoms with van der Waals surface area (Å²) in [6, 6.07) is 10.7. The highest BCUT2D eigenvalue weighted by Crippen LogP contribution is 2.32. The highest BCUT2D eigenvalue weighted by Gasteiger charge is 2.08. The van der Waals surface area contributed by atoms with Gasteiger partial charge >= 0.3 is 0 Å². The van der Waals surface area contributed by atoms with E-state index in [1.54, 1.807) is 38.5 Å². The van der Waals surface area contributed by atoms with Crippen LogP contribution in [-0.4, -0.2) is 20.0 Å². The molecule has 2 aromatic carbocycles. The molecule has 0 amide bonds. The maximum Gasteiger partial charge on any atom is 0.161 e. The van der Waals surface area contributed by atoms with Crippen molar-refractivity contribution in [3.8, 4) is 11.5 Å². The number of carbonyl (C=O) groups is 1. The quantitative estimate of drug-likeness (QED) is 0.652. The number of ketones is 1. The van der Waals surface area contributed by atoms with Crippen molar-refractivity contribution in [2.24, 2.45) is 0 Å². The molecule has 5 heteroatoms. The highest BCUT2D eigenvalue weighted by molar-refractivity contribution is 5.99. The second-order valence-electron chi connectivity index (χ2n) is 4.55. The van der Waals surface area contributed by atoms with E-state index in [9.17, 15) is 4.79 Å². The van der Waals surface area contributed by atoms with Crippen LogP contribution in [-0.2, 0) is 0 Å². The van der Waals surface area contributed by atoms with E-state index in [0.717, 1.165) is 11.4 Å². The van der Waals surface area contributed by atoms with E-state index in [0.29, 0.717) is 22.7 Å². The van der Waals surface area contributed by atoms with Crippen molar-refractivity contribution in [1.82, 2.24) is 0 Å². The van der Waals surface area contributed by atoms with E-state index in [1.165, 1.54) is 6.92 Å². The molecule has 0 aliphatic heterocycles. The maximum atomic E-state index is 11.4. The summed E-state index contributed by atoms with van der Waals surface area (Å²) in [4.78, 5) is 11.4. The molecule has 21 heavy (non-hydrogen) atoms. The van der Waals surface area contributed by atoms with Gasteiger partial charge < -0.3 is 20.5 Å². The van der Waals surface area contributed by atoms with Crippen LogP contribution in [0, 0.1) is 0 Å². The van der Waals surface area contributed by atoms with Gasteiger partial charge in [-0.2, -0.15) is 0 Å². The Morgan fingerprint density at radius 1 is 1.10 bits per heavy atom. The Hall–Kier alpha value is -2.69. The van der Waals surface area contributed by atoms with Gasteiger partial charge in [-0.05, 0) is 37.3 Å². The fraction of sp³-hybridized carbons (Fsp3) is 0.188. The Labute approximate surface area is 123 Å². The summed E-state index contributed by atoms with van der Waals surface area (Å²) in [5, 5.41) is 3.21. The van der Waals surface area contributed by atoms with E-state index in [1.807, 2.05) is 12.1 Å². The average Bonchev–Trinajstić information content (AvgIpc) is 2.47. The fourth-order valence-electron chi connectivity index (χ4n) is 2.02. The first-order valence-corrected chi connectivity index (χ1v) is 6.44. The molecular formula is C16H18N2O3. The number of benzene rings is 2. The third kappa shape index (κ3) is 3.25. The van der Waals surface area contributed by atoms with Gasteiger partial charge in [-0.3, -0.25) is 4.79 Å². The number of hydrogen-bond donors (Lipinski definition) is 2. The summed E-state index contributed by atoms with van der Waals surface area (Å²) in [6.07, 6.45) is 0. The maximum absolute atomic E-state index is 11.4. The number of ether oxygens (including phenoxy) is 2. The number of anilines is 3. The molecule has 2 aromatic rings. The van der Waals surface area contributed by atoms with Gasteiger partial charge in [-0.25, -0.2) is 0 Å². The Kier molecular flexibility index (Phi) is 4.33. The highest BCUT2D eigenvalue weighted by atomic mass is 16.5. The topological polar surface area (TPSA) is 73.6 Å². The summed E-state index contributed by atoms with van der Waals surface area (Å²) >= 11 is 0. The van der Waals surface area contributed by atoms with Crippen LogP contribution in [0.15, 0.2) is 36.4 Å². The zero-order valence-corrected chi connectivity index (χ0v) is 12.3. The number of rotatable bonds is 5. The normalized spacial score (nSPS) is 10.0. The Bertz CT molecular complexity index is 669. The van der Waals surface area contributed by atoms with Crippen molar-refractivity contribution in [3.63, 3.8) is 0 Å². The summed E-state index contributed by atoms with van der Waals surface area (Å²) < 4.78 is 10.5. The minimum absolute atomic E-state index is 0.0546. The smallest absolute Gasteiger partial charge is 0.161 e. The lowest BCUT2D eigenvalue weighted by Crippen LogP contribution is -2.01. The predicted molar refractivity (Wildman–Crippen MR) is 83.7 cm³/mol. The molecule has 0 atom stereocenters. The van der Waals surface area contributed by atoms with Gasteiger partial charge in [0, 0.05) is 23.0 Å². The molecule has 0 aromatic heterocycles. The van der Waals surface area contributed by atoms with E-state index >= 15 is 0 Å². The van der Waals surface area contributed by atoms with Crippen LogP contribution in [0.2, 0.25) is 0 Å². The minimum atomic E-state index is -0.0546. The fourth-order valence-corrected chi connectivity index (χ4v) is 2.02. The van der Waals surface area contributed by atoms with Crippen LogP contribution in [0.5, 0.6) is 11.5 Å². The lowest BCUT2D eigenvalue weighted by Gasteiger charge is -2.13. The summed E-state index contributed by atoms with van der Waals surface area (Å²) in [6.45, 7) is 1.49. The number of hydrogen-bond acceptors (Lipinski definition) is 5. The number of carbonyl (C=O) groups excluding carboxylic acids is 1. The molecule has 0 radical (unpaired) electrons. The Morgan fingerprint density at radius 3 is 2.43 bits per heavy atom. The molecule has 0 unspecified atom stereocenters. The van der Waals surface area contributed by atoms with Crippen molar-refractivity contribution in [2.45, 2.75) is 6.92 Å². The number of nitrogen functional groups attached to an aromatic ring is 1. The summed E-state index contributed by atoms with van der Waals surface area (Å²) in [7, 11) is 3.19. The molecule has 5 nitrogen and oxygen atoms in total. The van der Waals surface area contributed by atoms with Gasteiger partial charge in [0.1, 0.15) is 11.5 Å². The van der Waals surface area contributed by atoms with Crippen molar-refractivity contribution in [2.75, 3.05) is 25.3 Å². The Balaban J connectivity index is 2.30. The first kappa shape index (κ1) is 14.7. The molecule has 0 heterocycles. The van der Waals surface area contributed by atoms with E-state index in [4.69, 9.17) is 15.2 Å². The molecule has 0 aliphatic carbocycles. The lowest BCUT2D eigenvalue weighted by atomic mass is 10.1. The molecule has 110 valence electrons. The molecule has 2 rings (SSSR count). The SMILES string of the molecule is COc1ccc(Nc2ccc(C(C)=O)c(N)c2)c(OC)c1. The summed E-state index contributed by atoms with van der Waals surface area (Å²) in [5.74, 6) is 1.31. The second kappa shape index (κ2) is 6.17. The van der Waals surface area contributed by atoms with Gasteiger partial charge in [0.2, 0.25) is 0 Å². The number of nitrogens with one attached hydrogen (secondary N) is 1. The van der Waals surface area contributed by atoms with Crippen LogP contribution in [0.25, 0.3) is 0 Å². The first-order chi connectivity index (χ1) is 10.0. The molecule has 0 fully saturated rings. The molecule has 0 bridgehead atoms. The van der Waals surface area contributed by atoms with E-state index < -0.39 is 0 Å². The van der Waals surface area contributed by atoms with Crippen molar-refractivity contribution >= 4 is 22.8 Å². The molecule has 3 N–H and O–H groups in total. The van der Waals surface area contributed by atoms with Gasteiger partial charge in [0.25, 0.3) is 0 Å². The van der Waals surface area contributed by atoms with Crippen LogP contribution in [0.3, 0.4) is 0 Å². The van der Waals surface area contributed by atoms with Crippen LogP contribution in [0.1, 0.15) is 17.3 Å². The van der Waals surface area contributed by atoms with Crippen LogP contribution < -0.4 is 20.5 Å². The van der Waals surface area contributed by atoms with Gasteiger partial charge in [-0.1, -0.05) is 0 Å². The third-order valence-corrected chi connectivity index (χ3v) is 3.12. The van der Waals surface area contributed by atoms with E-state index in [2.05, 4.69) is 5.32 Å². The zero-order chi connectivity index (χ0) is 15.4. The van der Waals surface area contributed by atoms with Crippen molar-refractivity contribution < 1.29 is 14.3 Å². The molecule has 0 aliphatic rings. The van der Waals surface area contributed by atoms with Crippen LogP contribution in [0.4, 0.5) is 17.1 Å². The molecule has 0 saturated carbocycles. The third-order valence-electron chi connectivity index (χ3n) is 3.12. The molecule has 0 spiro atoms. The van der Waals surface area contributed by atoms with Crippen molar-refractivity contribution in [3.05, 3.63) is 42.0 Å². The molecular weight excluding hydrogens is 268 g/mol. The second-order valence-corrected chi connectivity index (χ2v) is 4.55. The van der Waals surface area contributed by atoms with E-state index in [-0.39, 0.29) is 5.78 Å². The predicted octanol–water partition coefficient (Wildman–Crippen LogP) is 3.23. The van der Waals surface area contributed by atoms with Gasteiger partial charge in [0.15, 0.2) is 5.78 Å². The lowest BCUT2D eigenvalue weighted by molar-refractivity contribution is 0.101. The number of nitrogens with two attached hydrogens (primary N) is 1. The van der Waals surface area contributed by atoms with Crippen molar-refractivity contribution in [1.29, 1.82) is 0 Å². The minimum Gasteiger partial charge on any atom is -0.497 e. The zero-order valence-electron chi connectivity index (χ0n) is 12.3. The molecule has 0 saturated heterocycles. The Morgan fingerprint density at radius 2 is 1.86 bits per heavy atom. The summed E-state index contributed by atoms with van der Waals surface area (Å²) in [5.41, 5.74) is 8.40. The van der Waals surface area contributed by atoms with Gasteiger partial charge in [-0.15, -0.1) is 0 Å². The monoisotopic (exact) mass is 286 g/mol. The van der Waals surface area contributed by atoms with Crippen LogP contribution >= 0.6 is 0 Å². The standard InChI is InChI=1S/C16H18N2O3/c1-10(19)13-6-4-11(8-14(13)17)18-15-7-5-12(20-2)9-16(15)21-3/h4-9,18H,17H2,1-3H3. The number of Topliss-reactive ketones (excluding diaryl/α,β-unsaturated/α-hetero) is 1. The largest absolute Gasteiger partial charge is 0.497 e. The van der Waals surface area contributed by atoms with Gasteiger partial charge in [0.05, 0.1) is 19.9 Å². The average molecular weight is 286 g/mol. The first-order valence-electron chi connectivity index (χ1n) is 6.44.